The van der Waals surface area contributed by atoms with E-state index in [1.807, 2.05) is 6.92 Å². The molecule has 2 aromatic heterocycles. The maximum absolute atomic E-state index is 14.0. The first-order chi connectivity index (χ1) is 13.3. The minimum atomic E-state index is -0.471. The monoisotopic (exact) mass is 381 g/mol. The molecule has 0 amide bonds. The Hall–Kier alpha value is -3.35. The Morgan fingerprint density at radius 3 is 2.54 bits per heavy atom. The first kappa shape index (κ1) is 19.4. The van der Waals surface area contributed by atoms with Gasteiger partial charge in [-0.2, -0.15) is 5.10 Å². The standard InChI is InChI=1S/C21H20FN3O3/c1-4-14-20(13(3)26)12(2)23-21(14)18(27)11-25-19(28)10-9-17(24-25)15-7-5-6-8-16(15)22/h5-10,23H,4,11H2,1-3H3. The van der Waals surface area contributed by atoms with Gasteiger partial charge in [0.05, 0.1) is 11.4 Å². The number of halogens is 1. The van der Waals surface area contributed by atoms with Gasteiger partial charge in [0.15, 0.2) is 5.78 Å². The van der Waals surface area contributed by atoms with E-state index in [2.05, 4.69) is 10.1 Å². The van der Waals surface area contributed by atoms with Gasteiger partial charge in [-0.05, 0) is 44.0 Å². The van der Waals surface area contributed by atoms with Gasteiger partial charge in [-0.15, -0.1) is 0 Å². The van der Waals surface area contributed by atoms with Crippen LogP contribution in [0.4, 0.5) is 4.39 Å². The van der Waals surface area contributed by atoms with Crippen molar-refractivity contribution in [1.29, 1.82) is 0 Å². The lowest BCUT2D eigenvalue weighted by Crippen LogP contribution is -2.27. The molecule has 0 saturated carbocycles. The van der Waals surface area contributed by atoms with Crippen LogP contribution in [0.5, 0.6) is 0 Å². The minimum Gasteiger partial charge on any atom is -0.355 e. The van der Waals surface area contributed by atoms with Gasteiger partial charge in [-0.3, -0.25) is 14.4 Å². The van der Waals surface area contributed by atoms with Crippen LogP contribution in [0.1, 0.15) is 46.0 Å². The van der Waals surface area contributed by atoms with Crippen LogP contribution in [0.25, 0.3) is 11.3 Å². The molecule has 2 heterocycles. The van der Waals surface area contributed by atoms with Gasteiger partial charge in [-0.25, -0.2) is 9.07 Å². The Balaban J connectivity index is 1.99. The number of Topliss-reactive ketones (excluding diaryl/α,β-unsaturated/α-hetero) is 2. The van der Waals surface area contributed by atoms with Crippen molar-refractivity contribution in [2.45, 2.75) is 33.7 Å². The normalized spacial score (nSPS) is 10.9. The molecule has 1 aromatic carbocycles. The quantitative estimate of drug-likeness (QED) is 0.664. The van der Waals surface area contributed by atoms with E-state index in [4.69, 9.17) is 0 Å². The van der Waals surface area contributed by atoms with Crippen LogP contribution in [0.15, 0.2) is 41.2 Å². The predicted molar refractivity (Wildman–Crippen MR) is 103 cm³/mol. The van der Waals surface area contributed by atoms with Gasteiger partial charge >= 0.3 is 0 Å². The van der Waals surface area contributed by atoms with E-state index in [0.717, 1.165) is 4.68 Å². The summed E-state index contributed by atoms with van der Waals surface area (Å²) in [7, 11) is 0. The molecular weight excluding hydrogens is 361 g/mol. The van der Waals surface area contributed by atoms with E-state index in [9.17, 15) is 18.8 Å². The smallest absolute Gasteiger partial charge is 0.267 e. The van der Waals surface area contributed by atoms with E-state index < -0.39 is 11.4 Å². The Bertz CT molecular complexity index is 1130. The molecule has 0 bridgehead atoms. The third-order valence-corrected chi connectivity index (χ3v) is 4.59. The summed E-state index contributed by atoms with van der Waals surface area (Å²) in [6.07, 6.45) is 0.498. The number of aryl methyl sites for hydroxylation is 1. The van der Waals surface area contributed by atoms with Crippen LogP contribution in [0.2, 0.25) is 0 Å². The Morgan fingerprint density at radius 2 is 1.89 bits per heavy atom. The van der Waals surface area contributed by atoms with E-state index >= 15 is 0 Å². The topological polar surface area (TPSA) is 84.8 Å². The molecule has 28 heavy (non-hydrogen) atoms. The van der Waals surface area contributed by atoms with Crippen LogP contribution >= 0.6 is 0 Å². The van der Waals surface area contributed by atoms with Crippen molar-refractivity contribution in [3.63, 3.8) is 0 Å². The molecule has 0 fully saturated rings. The van der Waals surface area contributed by atoms with Gasteiger partial charge in [0, 0.05) is 22.9 Å². The molecular formula is C21H20FN3O3. The van der Waals surface area contributed by atoms with Crippen LogP contribution in [0, 0.1) is 12.7 Å². The van der Waals surface area contributed by atoms with E-state index in [1.54, 1.807) is 25.1 Å². The minimum absolute atomic E-state index is 0.124. The van der Waals surface area contributed by atoms with Crippen molar-refractivity contribution in [2.24, 2.45) is 0 Å². The lowest BCUT2D eigenvalue weighted by atomic mass is 10.0. The predicted octanol–water partition coefficient (Wildman–Crippen LogP) is 3.33. The SMILES string of the molecule is CCc1c(C(=O)Cn2nc(-c3ccccc3F)ccc2=O)[nH]c(C)c1C(C)=O. The van der Waals surface area contributed by atoms with Gasteiger partial charge in [0.1, 0.15) is 12.4 Å². The van der Waals surface area contributed by atoms with Gasteiger partial charge < -0.3 is 4.98 Å². The lowest BCUT2D eigenvalue weighted by Gasteiger charge is -2.08. The Morgan fingerprint density at radius 1 is 1.18 bits per heavy atom. The average molecular weight is 381 g/mol. The molecule has 0 aliphatic heterocycles. The van der Waals surface area contributed by atoms with Crippen molar-refractivity contribution < 1.29 is 14.0 Å². The van der Waals surface area contributed by atoms with Crippen LogP contribution < -0.4 is 5.56 Å². The molecule has 0 saturated heterocycles. The zero-order valence-electron chi connectivity index (χ0n) is 15.9. The highest BCUT2D eigenvalue weighted by atomic mass is 19.1. The second-order valence-electron chi connectivity index (χ2n) is 6.51. The molecule has 0 spiro atoms. The number of nitrogens with one attached hydrogen (secondary N) is 1. The largest absolute Gasteiger partial charge is 0.355 e. The summed E-state index contributed by atoms with van der Waals surface area (Å²) in [5.74, 6) is -0.958. The average Bonchev–Trinajstić information content (AvgIpc) is 3.00. The van der Waals surface area contributed by atoms with Crippen molar-refractivity contribution in [1.82, 2.24) is 14.8 Å². The van der Waals surface area contributed by atoms with Crippen molar-refractivity contribution in [3.8, 4) is 11.3 Å². The molecule has 0 aliphatic carbocycles. The number of hydrogen-bond donors (Lipinski definition) is 1. The zero-order valence-corrected chi connectivity index (χ0v) is 15.9. The molecule has 144 valence electrons. The second kappa shape index (κ2) is 7.72. The fraction of sp³-hybridized carbons (Fsp3) is 0.238. The highest BCUT2D eigenvalue weighted by Crippen LogP contribution is 2.22. The molecule has 7 heteroatoms. The number of rotatable bonds is 6. The first-order valence-electron chi connectivity index (χ1n) is 8.92. The van der Waals surface area contributed by atoms with Crippen LogP contribution in [0.3, 0.4) is 0 Å². The first-order valence-corrected chi connectivity index (χ1v) is 8.92. The number of carbonyl (C=O) groups is 2. The molecule has 0 radical (unpaired) electrons. The van der Waals surface area contributed by atoms with E-state index in [0.29, 0.717) is 28.9 Å². The third-order valence-electron chi connectivity index (χ3n) is 4.59. The Labute approximate surface area is 161 Å². The number of benzene rings is 1. The van der Waals surface area contributed by atoms with E-state index in [1.165, 1.54) is 25.1 Å². The number of hydrogen-bond acceptors (Lipinski definition) is 4. The third kappa shape index (κ3) is 3.55. The molecule has 0 aliphatic rings. The summed E-state index contributed by atoms with van der Waals surface area (Å²) in [4.78, 5) is 39.9. The van der Waals surface area contributed by atoms with Crippen molar-refractivity contribution in [3.05, 3.63) is 75.1 Å². The molecule has 0 unspecified atom stereocenters. The summed E-state index contributed by atoms with van der Waals surface area (Å²) >= 11 is 0. The molecule has 1 N–H and O–H groups in total. The van der Waals surface area contributed by atoms with E-state index in [-0.39, 0.29) is 29.4 Å². The van der Waals surface area contributed by atoms with Crippen LogP contribution in [-0.2, 0) is 13.0 Å². The summed E-state index contributed by atoms with van der Waals surface area (Å²) in [6.45, 7) is 4.73. The maximum atomic E-state index is 14.0. The molecule has 6 nitrogen and oxygen atoms in total. The number of ketones is 2. The maximum Gasteiger partial charge on any atom is 0.267 e. The Kier molecular flexibility index (Phi) is 5.35. The number of aromatic nitrogens is 3. The summed E-state index contributed by atoms with van der Waals surface area (Å²) in [5.41, 5.74) is 2.09. The molecule has 0 atom stereocenters. The highest BCUT2D eigenvalue weighted by molar-refractivity contribution is 6.03. The lowest BCUT2D eigenvalue weighted by molar-refractivity contribution is 0.0960. The van der Waals surface area contributed by atoms with Crippen molar-refractivity contribution >= 4 is 11.6 Å². The summed E-state index contributed by atoms with van der Waals surface area (Å²) in [6, 6.07) is 8.76. The summed E-state index contributed by atoms with van der Waals surface area (Å²) < 4.78 is 15.0. The fourth-order valence-electron chi connectivity index (χ4n) is 3.33. The highest BCUT2D eigenvalue weighted by Gasteiger charge is 2.22. The second-order valence-corrected chi connectivity index (χ2v) is 6.51. The van der Waals surface area contributed by atoms with Gasteiger partial charge in [-0.1, -0.05) is 19.1 Å². The van der Waals surface area contributed by atoms with Crippen LogP contribution in [-0.4, -0.2) is 26.3 Å². The number of carbonyl (C=O) groups excluding carboxylic acids is 2. The summed E-state index contributed by atoms with van der Waals surface area (Å²) in [5, 5.41) is 4.15. The van der Waals surface area contributed by atoms with Crippen molar-refractivity contribution in [2.75, 3.05) is 0 Å². The zero-order chi connectivity index (χ0) is 20.4. The molecule has 3 rings (SSSR count). The number of aromatic amines is 1. The van der Waals surface area contributed by atoms with Gasteiger partial charge in [0.2, 0.25) is 5.78 Å². The fourth-order valence-corrected chi connectivity index (χ4v) is 3.33. The van der Waals surface area contributed by atoms with Gasteiger partial charge in [0.25, 0.3) is 5.56 Å². The molecule has 3 aromatic rings. The number of H-pyrrole nitrogens is 1. The number of nitrogens with zero attached hydrogens (tertiary/aromatic N) is 2.